The Bertz CT molecular complexity index is 788. The molecule has 0 bridgehead atoms. The number of nitrogens with zero attached hydrogens (tertiary/aromatic N) is 2. The van der Waals surface area contributed by atoms with E-state index in [4.69, 9.17) is 28.2 Å². The molecular formula is C19H20Cl2N2. The summed E-state index contributed by atoms with van der Waals surface area (Å²) in [5, 5.41) is 1.41. The fourth-order valence-corrected chi connectivity index (χ4v) is 3.38. The predicted octanol–water partition coefficient (Wildman–Crippen LogP) is 6.12. The molecule has 1 aromatic heterocycles. The summed E-state index contributed by atoms with van der Waals surface area (Å²) in [5.74, 6) is 1.11. The fourth-order valence-electron chi connectivity index (χ4n) is 2.87. The van der Waals surface area contributed by atoms with Gasteiger partial charge in [-0.05, 0) is 30.7 Å². The van der Waals surface area contributed by atoms with Crippen molar-refractivity contribution in [3.05, 3.63) is 63.9 Å². The smallest absolute Gasteiger partial charge is 0.110 e. The highest BCUT2D eigenvalue weighted by atomic mass is 35.5. The Kier molecular flexibility index (Phi) is 5.24. The molecule has 0 aliphatic heterocycles. The van der Waals surface area contributed by atoms with Crippen LogP contribution in [-0.4, -0.2) is 9.55 Å². The van der Waals surface area contributed by atoms with Gasteiger partial charge in [0, 0.05) is 22.0 Å². The van der Waals surface area contributed by atoms with Crippen molar-refractivity contribution in [3.63, 3.8) is 0 Å². The minimum absolute atomic E-state index is 0.653. The summed E-state index contributed by atoms with van der Waals surface area (Å²) < 4.78 is 2.25. The molecule has 1 heterocycles. The van der Waals surface area contributed by atoms with Crippen molar-refractivity contribution in [3.8, 4) is 0 Å². The van der Waals surface area contributed by atoms with E-state index in [2.05, 4.69) is 23.6 Å². The highest BCUT2D eigenvalue weighted by Gasteiger charge is 2.13. The SMILES string of the molecule is CCCCCc1nc2ccccc2n1Cc1c(Cl)cccc1Cl. The normalized spacial score (nSPS) is 11.3. The highest BCUT2D eigenvalue weighted by Crippen LogP contribution is 2.27. The molecule has 120 valence electrons. The van der Waals surface area contributed by atoms with Gasteiger partial charge in [0.15, 0.2) is 0 Å². The second-order valence-corrected chi connectivity index (χ2v) is 6.57. The Balaban J connectivity index is 2.02. The Hall–Kier alpha value is -1.51. The number of halogens is 2. The average Bonchev–Trinajstić information content (AvgIpc) is 2.89. The van der Waals surface area contributed by atoms with Gasteiger partial charge in [0.2, 0.25) is 0 Å². The van der Waals surface area contributed by atoms with E-state index in [1.807, 2.05) is 30.3 Å². The predicted molar refractivity (Wildman–Crippen MR) is 98.5 cm³/mol. The first-order valence-electron chi connectivity index (χ1n) is 8.07. The van der Waals surface area contributed by atoms with Crippen molar-refractivity contribution in [2.45, 2.75) is 39.2 Å². The number of aryl methyl sites for hydroxylation is 1. The monoisotopic (exact) mass is 346 g/mol. The summed E-state index contributed by atoms with van der Waals surface area (Å²) in [6, 6.07) is 13.9. The number of fused-ring (bicyclic) bond motifs is 1. The lowest BCUT2D eigenvalue weighted by atomic mass is 10.2. The molecule has 0 amide bonds. The number of benzene rings is 2. The molecule has 0 saturated heterocycles. The lowest BCUT2D eigenvalue weighted by Crippen LogP contribution is -2.06. The molecule has 0 radical (unpaired) electrons. The maximum atomic E-state index is 6.36. The number of unbranched alkanes of at least 4 members (excludes halogenated alkanes) is 2. The standard InChI is InChI=1S/C19H20Cl2N2/c1-2-3-4-12-19-22-17-10-5-6-11-18(17)23(19)13-14-15(20)8-7-9-16(14)21/h5-11H,2-4,12-13H2,1H3. The Morgan fingerprint density at radius 3 is 2.43 bits per heavy atom. The highest BCUT2D eigenvalue weighted by molar-refractivity contribution is 6.36. The van der Waals surface area contributed by atoms with E-state index in [9.17, 15) is 0 Å². The lowest BCUT2D eigenvalue weighted by molar-refractivity contribution is 0.659. The van der Waals surface area contributed by atoms with E-state index in [1.54, 1.807) is 0 Å². The summed E-state index contributed by atoms with van der Waals surface area (Å²) in [7, 11) is 0. The topological polar surface area (TPSA) is 17.8 Å². The molecule has 23 heavy (non-hydrogen) atoms. The summed E-state index contributed by atoms with van der Waals surface area (Å²) in [6.07, 6.45) is 4.55. The van der Waals surface area contributed by atoms with Crippen LogP contribution in [-0.2, 0) is 13.0 Å². The minimum Gasteiger partial charge on any atom is -0.323 e. The quantitative estimate of drug-likeness (QED) is 0.491. The second-order valence-electron chi connectivity index (χ2n) is 5.76. The number of imidazole rings is 1. The molecule has 4 heteroatoms. The Morgan fingerprint density at radius 1 is 0.957 bits per heavy atom. The van der Waals surface area contributed by atoms with Gasteiger partial charge in [0.05, 0.1) is 17.6 Å². The molecule has 0 aliphatic carbocycles. The molecule has 0 unspecified atom stereocenters. The molecule has 0 aliphatic rings. The number of hydrogen-bond acceptors (Lipinski definition) is 1. The number of para-hydroxylation sites is 2. The van der Waals surface area contributed by atoms with Crippen LogP contribution in [0.4, 0.5) is 0 Å². The van der Waals surface area contributed by atoms with Crippen LogP contribution in [0.15, 0.2) is 42.5 Å². The molecule has 0 saturated carbocycles. The first kappa shape index (κ1) is 16.4. The number of hydrogen-bond donors (Lipinski definition) is 0. The van der Waals surface area contributed by atoms with Crippen LogP contribution in [0.5, 0.6) is 0 Å². The molecule has 2 aromatic carbocycles. The zero-order valence-electron chi connectivity index (χ0n) is 13.2. The van der Waals surface area contributed by atoms with E-state index in [-0.39, 0.29) is 0 Å². The van der Waals surface area contributed by atoms with Crippen molar-refractivity contribution < 1.29 is 0 Å². The van der Waals surface area contributed by atoms with Gasteiger partial charge in [-0.25, -0.2) is 4.98 Å². The largest absolute Gasteiger partial charge is 0.323 e. The maximum absolute atomic E-state index is 6.36. The summed E-state index contributed by atoms with van der Waals surface area (Å²) in [6.45, 7) is 2.87. The van der Waals surface area contributed by atoms with E-state index in [1.165, 1.54) is 12.8 Å². The molecule has 2 nitrogen and oxygen atoms in total. The van der Waals surface area contributed by atoms with Crippen molar-refractivity contribution in [2.24, 2.45) is 0 Å². The van der Waals surface area contributed by atoms with Gasteiger partial charge in [0.25, 0.3) is 0 Å². The maximum Gasteiger partial charge on any atom is 0.110 e. The zero-order valence-corrected chi connectivity index (χ0v) is 14.7. The van der Waals surface area contributed by atoms with Crippen LogP contribution in [0.2, 0.25) is 10.0 Å². The van der Waals surface area contributed by atoms with Crippen LogP contribution in [0.25, 0.3) is 11.0 Å². The van der Waals surface area contributed by atoms with E-state index in [0.29, 0.717) is 16.6 Å². The number of aromatic nitrogens is 2. The molecular weight excluding hydrogens is 327 g/mol. The molecule has 3 aromatic rings. The van der Waals surface area contributed by atoms with Crippen LogP contribution in [0, 0.1) is 0 Å². The average molecular weight is 347 g/mol. The van der Waals surface area contributed by atoms with E-state index in [0.717, 1.165) is 35.3 Å². The third-order valence-corrected chi connectivity index (χ3v) is 4.82. The zero-order chi connectivity index (χ0) is 16.2. The Labute approximate surface area is 147 Å². The van der Waals surface area contributed by atoms with Crippen molar-refractivity contribution in [1.29, 1.82) is 0 Å². The first-order valence-corrected chi connectivity index (χ1v) is 8.83. The van der Waals surface area contributed by atoms with Crippen molar-refractivity contribution in [2.75, 3.05) is 0 Å². The molecule has 3 rings (SSSR count). The second kappa shape index (κ2) is 7.37. The van der Waals surface area contributed by atoms with E-state index >= 15 is 0 Å². The Morgan fingerprint density at radius 2 is 1.70 bits per heavy atom. The van der Waals surface area contributed by atoms with Crippen molar-refractivity contribution in [1.82, 2.24) is 9.55 Å². The molecule has 0 fully saturated rings. The minimum atomic E-state index is 0.653. The molecule has 0 N–H and O–H groups in total. The van der Waals surface area contributed by atoms with Gasteiger partial charge in [-0.2, -0.15) is 0 Å². The van der Waals surface area contributed by atoms with Gasteiger partial charge in [-0.3, -0.25) is 0 Å². The molecule has 0 atom stereocenters. The number of rotatable bonds is 6. The van der Waals surface area contributed by atoms with Crippen LogP contribution < -0.4 is 0 Å². The third-order valence-electron chi connectivity index (χ3n) is 4.12. The van der Waals surface area contributed by atoms with Crippen LogP contribution >= 0.6 is 23.2 Å². The first-order chi connectivity index (χ1) is 11.2. The van der Waals surface area contributed by atoms with Crippen LogP contribution in [0.1, 0.15) is 37.6 Å². The van der Waals surface area contributed by atoms with Gasteiger partial charge in [-0.1, -0.05) is 61.2 Å². The van der Waals surface area contributed by atoms with Gasteiger partial charge >= 0.3 is 0 Å². The lowest BCUT2D eigenvalue weighted by Gasteiger charge is -2.12. The summed E-state index contributed by atoms with van der Waals surface area (Å²) >= 11 is 12.7. The summed E-state index contributed by atoms with van der Waals surface area (Å²) in [4.78, 5) is 4.82. The van der Waals surface area contributed by atoms with Gasteiger partial charge in [-0.15, -0.1) is 0 Å². The third kappa shape index (κ3) is 3.54. The van der Waals surface area contributed by atoms with E-state index < -0.39 is 0 Å². The molecule has 0 spiro atoms. The van der Waals surface area contributed by atoms with Crippen molar-refractivity contribution >= 4 is 34.2 Å². The van der Waals surface area contributed by atoms with Gasteiger partial charge in [0.1, 0.15) is 5.82 Å². The fraction of sp³-hybridized carbons (Fsp3) is 0.316. The van der Waals surface area contributed by atoms with Crippen LogP contribution in [0.3, 0.4) is 0 Å². The van der Waals surface area contributed by atoms with Gasteiger partial charge < -0.3 is 4.57 Å². The summed E-state index contributed by atoms with van der Waals surface area (Å²) in [5.41, 5.74) is 3.12.